The highest BCUT2D eigenvalue weighted by Gasteiger charge is 2.39. The number of rotatable bonds is 6. The number of carbonyl (C=O) groups excluding carboxylic acids is 3. The molecule has 3 amide bonds. The van der Waals surface area contributed by atoms with Crippen LogP contribution in [-0.4, -0.2) is 35.2 Å². The number of hydrogen-bond donors (Lipinski definition) is 2. The second-order valence-corrected chi connectivity index (χ2v) is 9.63. The van der Waals surface area contributed by atoms with Crippen molar-refractivity contribution in [2.75, 3.05) is 6.54 Å². The van der Waals surface area contributed by atoms with Crippen molar-refractivity contribution in [1.82, 2.24) is 15.5 Å². The van der Waals surface area contributed by atoms with Gasteiger partial charge in [-0.15, -0.1) is 0 Å². The van der Waals surface area contributed by atoms with Gasteiger partial charge in [0.05, 0.1) is 17.2 Å². The van der Waals surface area contributed by atoms with Crippen LogP contribution in [0.2, 0.25) is 0 Å². The van der Waals surface area contributed by atoms with Crippen LogP contribution in [0.3, 0.4) is 0 Å². The zero-order valence-corrected chi connectivity index (χ0v) is 21.6. The number of halogens is 6. The summed E-state index contributed by atoms with van der Waals surface area (Å²) in [6, 6.07) is 15.3. The van der Waals surface area contributed by atoms with Gasteiger partial charge in [-0.1, -0.05) is 54.6 Å². The predicted molar refractivity (Wildman–Crippen MR) is 136 cm³/mol. The minimum absolute atomic E-state index is 0.00524. The molecule has 41 heavy (non-hydrogen) atoms. The van der Waals surface area contributed by atoms with Gasteiger partial charge in [-0.2, -0.15) is 26.3 Å². The Hall–Kier alpha value is -4.35. The third-order valence-electron chi connectivity index (χ3n) is 6.61. The third-order valence-corrected chi connectivity index (χ3v) is 6.61. The van der Waals surface area contributed by atoms with Gasteiger partial charge in [0.15, 0.2) is 0 Å². The van der Waals surface area contributed by atoms with Crippen LogP contribution in [0.25, 0.3) is 0 Å². The molecule has 4 rings (SSSR count). The Morgan fingerprint density at radius 2 is 1.46 bits per heavy atom. The van der Waals surface area contributed by atoms with Crippen molar-refractivity contribution in [3.63, 3.8) is 0 Å². The highest BCUT2D eigenvalue weighted by Crippen LogP contribution is 2.37. The highest BCUT2D eigenvalue weighted by molar-refractivity contribution is 5.91. The Kier molecular flexibility index (Phi) is 8.41. The summed E-state index contributed by atoms with van der Waals surface area (Å²) in [4.78, 5) is 40.0. The van der Waals surface area contributed by atoms with Crippen molar-refractivity contribution in [3.8, 4) is 0 Å². The number of amides is 3. The highest BCUT2D eigenvalue weighted by atomic mass is 19.4. The second kappa shape index (κ2) is 11.6. The van der Waals surface area contributed by atoms with Gasteiger partial charge in [-0.05, 0) is 40.5 Å². The lowest BCUT2D eigenvalue weighted by Gasteiger charge is -2.32. The van der Waals surface area contributed by atoms with Crippen LogP contribution in [0.15, 0.2) is 72.8 Å². The zero-order chi connectivity index (χ0) is 29.9. The summed E-state index contributed by atoms with van der Waals surface area (Å²) in [5.41, 5.74) is -1.28. The lowest BCUT2D eigenvalue weighted by atomic mass is 9.93. The first-order valence-corrected chi connectivity index (χ1v) is 12.5. The minimum Gasteiger partial charge on any atom is -0.350 e. The summed E-state index contributed by atoms with van der Waals surface area (Å²) >= 11 is 0. The van der Waals surface area contributed by atoms with Crippen molar-refractivity contribution < 1.29 is 40.7 Å². The summed E-state index contributed by atoms with van der Waals surface area (Å²) in [6.45, 7) is 0.0313. The molecule has 1 aliphatic heterocycles. The fraction of sp³-hybridized carbons (Fsp3) is 0.276. The van der Waals surface area contributed by atoms with Gasteiger partial charge in [-0.25, -0.2) is 0 Å². The first kappa shape index (κ1) is 29.6. The smallest absolute Gasteiger partial charge is 0.350 e. The van der Waals surface area contributed by atoms with Crippen molar-refractivity contribution in [3.05, 3.63) is 106 Å². The van der Waals surface area contributed by atoms with Gasteiger partial charge in [0, 0.05) is 19.9 Å². The number of benzene rings is 3. The van der Waals surface area contributed by atoms with Crippen LogP contribution in [0, 0.1) is 0 Å². The second-order valence-electron chi connectivity index (χ2n) is 9.63. The average molecular weight is 578 g/mol. The monoisotopic (exact) mass is 577 g/mol. The molecule has 0 aromatic heterocycles. The van der Waals surface area contributed by atoms with Gasteiger partial charge < -0.3 is 15.5 Å². The number of nitrogens with one attached hydrogen (secondary N) is 2. The summed E-state index contributed by atoms with van der Waals surface area (Å²) in [6.07, 6.45) is -9.92. The van der Waals surface area contributed by atoms with Crippen LogP contribution in [-0.2, 0) is 39.7 Å². The molecule has 1 heterocycles. The lowest BCUT2D eigenvalue weighted by molar-refractivity contribution is -0.143. The van der Waals surface area contributed by atoms with E-state index in [9.17, 15) is 40.7 Å². The molecule has 3 aromatic rings. The largest absolute Gasteiger partial charge is 0.416 e. The van der Waals surface area contributed by atoms with Gasteiger partial charge >= 0.3 is 12.4 Å². The molecule has 12 heteroatoms. The van der Waals surface area contributed by atoms with Crippen molar-refractivity contribution in [2.45, 2.75) is 44.3 Å². The number of hydrogen-bond acceptors (Lipinski definition) is 3. The molecule has 0 saturated carbocycles. The predicted octanol–water partition coefficient (Wildman–Crippen LogP) is 5.02. The molecule has 2 atom stereocenters. The minimum atomic E-state index is -5.03. The fourth-order valence-electron chi connectivity index (χ4n) is 4.84. The first-order valence-electron chi connectivity index (χ1n) is 12.5. The number of carbonyl (C=O) groups is 3. The molecule has 0 aliphatic carbocycles. The quantitative estimate of drug-likeness (QED) is 0.404. The molecular formula is C29H25F6N3O3. The van der Waals surface area contributed by atoms with Crippen LogP contribution < -0.4 is 10.6 Å². The molecule has 0 fully saturated rings. The maximum atomic E-state index is 13.7. The van der Waals surface area contributed by atoms with E-state index in [0.717, 1.165) is 5.56 Å². The standard InChI is InChI=1S/C29H25F6N3O3/c1-17(39)37-24-13-20-9-5-6-10-23(20)26(19-7-3-2-4-8-19)38(27(24)41)16-25(40)36-15-18-11-21(28(30,31)32)14-22(12-18)29(33,34)35/h2-12,14,24,26H,13,15-16H2,1H3,(H,36,40)(H,37,39)/t24-,26+/m0/s1. The average Bonchev–Trinajstić information content (AvgIpc) is 3.01. The maximum absolute atomic E-state index is 13.7. The van der Waals surface area contributed by atoms with E-state index in [1.165, 1.54) is 11.8 Å². The van der Waals surface area contributed by atoms with Gasteiger partial charge in [0.1, 0.15) is 12.6 Å². The Bertz CT molecular complexity index is 1410. The molecule has 6 nitrogen and oxygen atoms in total. The van der Waals surface area contributed by atoms with Crippen LogP contribution in [0.5, 0.6) is 0 Å². The van der Waals surface area contributed by atoms with E-state index in [2.05, 4.69) is 10.6 Å². The molecular weight excluding hydrogens is 552 g/mol. The Morgan fingerprint density at radius 1 is 0.878 bits per heavy atom. The van der Waals surface area contributed by atoms with Gasteiger partial charge in [0.25, 0.3) is 0 Å². The normalized spacial score (nSPS) is 17.4. The van der Waals surface area contributed by atoms with Crippen LogP contribution in [0.1, 0.15) is 46.3 Å². The molecule has 1 aliphatic rings. The molecule has 2 N–H and O–H groups in total. The van der Waals surface area contributed by atoms with E-state index in [1.807, 2.05) is 6.07 Å². The van der Waals surface area contributed by atoms with E-state index >= 15 is 0 Å². The molecule has 3 aromatic carbocycles. The Labute approximate surface area is 231 Å². The molecule has 0 spiro atoms. The third kappa shape index (κ3) is 7.05. The molecule has 0 radical (unpaired) electrons. The molecule has 0 saturated heterocycles. The molecule has 0 bridgehead atoms. The van der Waals surface area contributed by atoms with Gasteiger partial charge in [-0.3, -0.25) is 14.4 Å². The summed E-state index contributed by atoms with van der Waals surface area (Å²) < 4.78 is 79.5. The maximum Gasteiger partial charge on any atom is 0.416 e. The topological polar surface area (TPSA) is 78.5 Å². The van der Waals surface area contributed by atoms with Crippen LogP contribution in [0.4, 0.5) is 26.3 Å². The summed E-state index contributed by atoms with van der Waals surface area (Å²) in [5, 5.41) is 4.95. The van der Waals surface area contributed by atoms with E-state index in [-0.39, 0.29) is 12.5 Å². The number of fused-ring (bicyclic) bond motifs is 1. The van der Waals surface area contributed by atoms with Crippen molar-refractivity contribution in [2.24, 2.45) is 0 Å². The van der Waals surface area contributed by atoms with Crippen molar-refractivity contribution in [1.29, 1.82) is 0 Å². The molecule has 0 unspecified atom stereocenters. The van der Waals surface area contributed by atoms with E-state index in [0.29, 0.717) is 23.3 Å². The number of alkyl halides is 6. The number of nitrogens with zero attached hydrogens (tertiary/aromatic N) is 1. The fourth-order valence-corrected chi connectivity index (χ4v) is 4.84. The van der Waals surface area contributed by atoms with E-state index in [1.54, 1.807) is 48.5 Å². The van der Waals surface area contributed by atoms with E-state index in [4.69, 9.17) is 0 Å². The van der Waals surface area contributed by atoms with Gasteiger partial charge in [0.2, 0.25) is 17.7 Å². The van der Waals surface area contributed by atoms with Crippen LogP contribution >= 0.6 is 0 Å². The first-order chi connectivity index (χ1) is 19.2. The summed E-state index contributed by atoms with van der Waals surface area (Å²) in [7, 11) is 0. The Balaban J connectivity index is 1.66. The summed E-state index contributed by atoms with van der Waals surface area (Å²) in [5.74, 6) is -1.85. The SMILES string of the molecule is CC(=O)N[C@H]1Cc2ccccc2[C@@H](c2ccccc2)N(CC(=O)NCc2cc(C(F)(F)F)cc(C(F)(F)F)c2)C1=O. The Morgan fingerprint density at radius 3 is 2.05 bits per heavy atom. The lowest BCUT2D eigenvalue weighted by Crippen LogP contribution is -2.51. The zero-order valence-electron chi connectivity index (χ0n) is 21.6. The van der Waals surface area contributed by atoms with E-state index < -0.39 is 71.9 Å². The molecule has 216 valence electrons. The van der Waals surface area contributed by atoms with Crippen molar-refractivity contribution >= 4 is 17.7 Å².